The normalized spacial score (nSPS) is 23.0. The number of hydrogen-bond donors (Lipinski definition) is 0. The Labute approximate surface area is 154 Å². The van der Waals surface area contributed by atoms with Gasteiger partial charge in [0.2, 0.25) is 5.91 Å². The van der Waals surface area contributed by atoms with Crippen molar-refractivity contribution in [2.75, 3.05) is 58.9 Å². The van der Waals surface area contributed by atoms with E-state index in [9.17, 15) is 9.59 Å². The highest BCUT2D eigenvalue weighted by Gasteiger charge is 2.48. The van der Waals surface area contributed by atoms with E-state index in [1.807, 2.05) is 17.0 Å². The number of likely N-dealkylation sites (tertiary alicyclic amines) is 1. The van der Waals surface area contributed by atoms with Crippen molar-refractivity contribution in [1.82, 2.24) is 14.8 Å². The van der Waals surface area contributed by atoms with Crippen LogP contribution in [0.25, 0.3) is 0 Å². The highest BCUT2D eigenvalue weighted by molar-refractivity contribution is 5.92. The summed E-state index contributed by atoms with van der Waals surface area (Å²) < 4.78 is 5.14. The number of piperidine rings is 1. The molecular weight excluding hydrogens is 332 g/mol. The van der Waals surface area contributed by atoms with Crippen molar-refractivity contribution in [1.29, 1.82) is 0 Å². The van der Waals surface area contributed by atoms with Gasteiger partial charge in [-0.25, -0.2) is 4.98 Å². The third-order valence-corrected chi connectivity index (χ3v) is 5.43. The quantitative estimate of drug-likeness (QED) is 0.791. The zero-order valence-electron chi connectivity index (χ0n) is 15.9. The Morgan fingerprint density at radius 1 is 1.31 bits per heavy atom. The van der Waals surface area contributed by atoms with Crippen LogP contribution in [0.4, 0.5) is 5.82 Å². The van der Waals surface area contributed by atoms with Gasteiger partial charge in [0.15, 0.2) is 0 Å². The van der Waals surface area contributed by atoms with E-state index in [-0.39, 0.29) is 17.2 Å². The van der Waals surface area contributed by atoms with Crippen LogP contribution in [0.15, 0.2) is 18.2 Å². The highest BCUT2D eigenvalue weighted by atomic mass is 16.5. The lowest BCUT2D eigenvalue weighted by Crippen LogP contribution is -2.51. The smallest absolute Gasteiger partial charge is 0.272 e. The lowest BCUT2D eigenvalue weighted by molar-refractivity contribution is -0.145. The van der Waals surface area contributed by atoms with E-state index in [2.05, 4.69) is 9.88 Å². The van der Waals surface area contributed by atoms with Gasteiger partial charge in [0.25, 0.3) is 5.91 Å². The first kappa shape index (κ1) is 18.6. The third kappa shape index (κ3) is 3.53. The standard InChI is InChI=1S/C19H28N4O3/c1-21(2)17(24)15-6-4-7-16(20-15)23-11-9-19(14-23)8-5-10-22(18(19)25)12-13-26-3/h4,6-7H,5,8-14H2,1-3H3/t19-/m0/s1. The molecule has 0 bridgehead atoms. The highest BCUT2D eigenvalue weighted by Crippen LogP contribution is 2.41. The maximum absolute atomic E-state index is 13.1. The molecule has 7 nitrogen and oxygen atoms in total. The molecule has 142 valence electrons. The summed E-state index contributed by atoms with van der Waals surface area (Å²) >= 11 is 0. The first-order chi connectivity index (χ1) is 12.5. The van der Waals surface area contributed by atoms with Crippen molar-refractivity contribution in [3.05, 3.63) is 23.9 Å². The number of rotatable bonds is 5. The molecule has 1 spiro atoms. The first-order valence-corrected chi connectivity index (χ1v) is 9.19. The molecule has 1 atom stereocenters. The van der Waals surface area contributed by atoms with Gasteiger partial charge in [-0.1, -0.05) is 6.07 Å². The van der Waals surface area contributed by atoms with Crippen LogP contribution >= 0.6 is 0 Å². The van der Waals surface area contributed by atoms with Crippen molar-refractivity contribution in [3.63, 3.8) is 0 Å². The average molecular weight is 360 g/mol. The summed E-state index contributed by atoms with van der Waals surface area (Å²) in [5.74, 6) is 0.903. The minimum Gasteiger partial charge on any atom is -0.383 e. The largest absolute Gasteiger partial charge is 0.383 e. The van der Waals surface area contributed by atoms with Crippen molar-refractivity contribution >= 4 is 17.6 Å². The predicted molar refractivity (Wildman–Crippen MR) is 99.2 cm³/mol. The maximum Gasteiger partial charge on any atom is 0.272 e. The predicted octanol–water partition coefficient (Wildman–Crippen LogP) is 1.25. The van der Waals surface area contributed by atoms with Crippen molar-refractivity contribution in [2.45, 2.75) is 19.3 Å². The van der Waals surface area contributed by atoms with Gasteiger partial charge < -0.3 is 19.4 Å². The summed E-state index contributed by atoms with van der Waals surface area (Å²) in [4.78, 5) is 35.4. The maximum atomic E-state index is 13.1. The summed E-state index contributed by atoms with van der Waals surface area (Å²) in [6, 6.07) is 5.51. The van der Waals surface area contributed by atoms with Crippen LogP contribution in [0, 0.1) is 5.41 Å². The topological polar surface area (TPSA) is 66.0 Å². The Morgan fingerprint density at radius 3 is 2.85 bits per heavy atom. The van der Waals surface area contributed by atoms with Gasteiger partial charge in [-0.3, -0.25) is 9.59 Å². The van der Waals surface area contributed by atoms with E-state index in [4.69, 9.17) is 4.74 Å². The Balaban J connectivity index is 1.75. The fraction of sp³-hybridized carbons (Fsp3) is 0.632. The van der Waals surface area contributed by atoms with Gasteiger partial charge in [0.1, 0.15) is 11.5 Å². The molecular formula is C19H28N4O3. The zero-order valence-corrected chi connectivity index (χ0v) is 15.9. The van der Waals surface area contributed by atoms with Gasteiger partial charge >= 0.3 is 0 Å². The molecule has 0 aromatic carbocycles. The molecule has 0 unspecified atom stereocenters. The molecule has 3 heterocycles. The SMILES string of the molecule is COCCN1CCC[C@@]2(CCN(c3cccc(C(=O)N(C)C)n3)C2)C1=O. The zero-order chi connectivity index (χ0) is 18.7. The molecule has 2 fully saturated rings. The van der Waals surface area contributed by atoms with Crippen LogP contribution in [0.2, 0.25) is 0 Å². The Bertz CT molecular complexity index is 679. The van der Waals surface area contributed by atoms with Gasteiger partial charge in [0.05, 0.1) is 12.0 Å². The number of anilines is 1. The Hall–Kier alpha value is -2.15. The molecule has 2 aliphatic rings. The monoisotopic (exact) mass is 360 g/mol. The minimum atomic E-state index is -0.324. The fourth-order valence-corrected chi connectivity index (χ4v) is 3.96. The Morgan fingerprint density at radius 2 is 2.12 bits per heavy atom. The van der Waals surface area contributed by atoms with Crippen molar-refractivity contribution in [2.24, 2.45) is 5.41 Å². The fourth-order valence-electron chi connectivity index (χ4n) is 3.96. The second-order valence-corrected chi connectivity index (χ2v) is 7.42. The van der Waals surface area contributed by atoms with Crippen LogP contribution < -0.4 is 4.90 Å². The molecule has 2 saturated heterocycles. The van der Waals surface area contributed by atoms with E-state index >= 15 is 0 Å². The summed E-state index contributed by atoms with van der Waals surface area (Å²) in [6.45, 7) is 3.50. The van der Waals surface area contributed by atoms with Crippen LogP contribution in [0.3, 0.4) is 0 Å². The molecule has 0 radical (unpaired) electrons. The molecule has 1 aromatic heterocycles. The first-order valence-electron chi connectivity index (χ1n) is 9.19. The molecule has 7 heteroatoms. The lowest BCUT2D eigenvalue weighted by atomic mass is 9.78. The van der Waals surface area contributed by atoms with Crippen LogP contribution in [-0.4, -0.2) is 80.6 Å². The second kappa shape index (κ2) is 7.61. The molecule has 3 rings (SSSR count). The number of carbonyl (C=O) groups is 2. The summed E-state index contributed by atoms with van der Waals surface area (Å²) in [6.07, 6.45) is 2.78. The number of methoxy groups -OCH3 is 1. The van der Waals surface area contributed by atoms with Gasteiger partial charge in [0, 0.05) is 47.4 Å². The molecule has 26 heavy (non-hydrogen) atoms. The number of hydrogen-bond acceptors (Lipinski definition) is 5. The molecule has 2 aliphatic heterocycles. The number of ether oxygens (including phenoxy) is 1. The Kier molecular flexibility index (Phi) is 5.46. The van der Waals surface area contributed by atoms with E-state index in [1.165, 1.54) is 4.90 Å². The molecule has 0 saturated carbocycles. The third-order valence-electron chi connectivity index (χ3n) is 5.43. The molecule has 0 N–H and O–H groups in total. The molecule has 1 aromatic rings. The summed E-state index contributed by atoms with van der Waals surface area (Å²) in [7, 11) is 5.10. The van der Waals surface area contributed by atoms with Crippen LogP contribution in [-0.2, 0) is 9.53 Å². The van der Waals surface area contributed by atoms with Gasteiger partial charge in [-0.15, -0.1) is 0 Å². The van der Waals surface area contributed by atoms with Gasteiger partial charge in [-0.05, 0) is 31.4 Å². The molecule has 2 amide bonds. The second-order valence-electron chi connectivity index (χ2n) is 7.42. The number of amides is 2. The number of aromatic nitrogens is 1. The van der Waals surface area contributed by atoms with Crippen LogP contribution in [0.1, 0.15) is 29.8 Å². The summed E-state index contributed by atoms with van der Waals surface area (Å²) in [5.41, 5.74) is 0.111. The van der Waals surface area contributed by atoms with Gasteiger partial charge in [-0.2, -0.15) is 0 Å². The van der Waals surface area contributed by atoms with Crippen molar-refractivity contribution < 1.29 is 14.3 Å². The minimum absolute atomic E-state index is 0.111. The number of carbonyl (C=O) groups excluding carboxylic acids is 2. The average Bonchev–Trinajstić information content (AvgIpc) is 3.07. The number of pyridine rings is 1. The van der Waals surface area contributed by atoms with E-state index < -0.39 is 0 Å². The van der Waals surface area contributed by atoms with E-state index in [0.29, 0.717) is 25.4 Å². The van der Waals surface area contributed by atoms with E-state index in [1.54, 1.807) is 27.3 Å². The van der Waals surface area contributed by atoms with Crippen molar-refractivity contribution in [3.8, 4) is 0 Å². The van der Waals surface area contributed by atoms with E-state index in [0.717, 1.165) is 38.2 Å². The lowest BCUT2D eigenvalue weighted by Gasteiger charge is -2.39. The molecule has 0 aliphatic carbocycles. The summed E-state index contributed by atoms with van der Waals surface area (Å²) in [5, 5.41) is 0. The van der Waals surface area contributed by atoms with Crippen LogP contribution in [0.5, 0.6) is 0 Å². The number of nitrogens with zero attached hydrogens (tertiary/aromatic N) is 4.